The quantitative estimate of drug-likeness (QED) is 0.773. The Labute approximate surface area is 130 Å². The van der Waals surface area contributed by atoms with Crippen molar-refractivity contribution in [3.05, 3.63) is 52.1 Å². The summed E-state index contributed by atoms with van der Waals surface area (Å²) in [5, 5.41) is 14.5. The molecule has 0 unspecified atom stereocenters. The van der Waals surface area contributed by atoms with Crippen LogP contribution in [0.25, 0.3) is 10.9 Å². The van der Waals surface area contributed by atoms with Crippen LogP contribution in [0.2, 0.25) is 0 Å². The Morgan fingerprint density at radius 2 is 2.18 bits per heavy atom. The van der Waals surface area contributed by atoms with Crippen molar-refractivity contribution in [2.24, 2.45) is 7.05 Å². The third-order valence-electron chi connectivity index (χ3n) is 3.34. The van der Waals surface area contributed by atoms with E-state index in [9.17, 15) is 9.59 Å². The number of aromatic nitrogens is 2. The molecule has 0 radical (unpaired) electrons. The van der Waals surface area contributed by atoms with Gasteiger partial charge >= 0.3 is 5.97 Å². The minimum atomic E-state index is -1.07. The van der Waals surface area contributed by atoms with E-state index in [4.69, 9.17) is 5.11 Å². The fourth-order valence-electron chi connectivity index (χ4n) is 2.24. The summed E-state index contributed by atoms with van der Waals surface area (Å²) in [6.07, 6.45) is 1.90. The van der Waals surface area contributed by atoms with Crippen LogP contribution in [0, 0.1) is 0 Å². The molecule has 2 aromatic heterocycles. The summed E-state index contributed by atoms with van der Waals surface area (Å²) in [5.74, 6) is -1.27. The van der Waals surface area contributed by atoms with Gasteiger partial charge in [0.25, 0.3) is 5.91 Å². The van der Waals surface area contributed by atoms with Crippen LogP contribution in [0.3, 0.4) is 0 Å². The Balaban J connectivity index is 1.77. The summed E-state index contributed by atoms with van der Waals surface area (Å²) >= 11 is 1.21. The highest BCUT2D eigenvalue weighted by Crippen LogP contribution is 2.19. The van der Waals surface area contributed by atoms with Crippen molar-refractivity contribution in [1.82, 2.24) is 14.9 Å². The van der Waals surface area contributed by atoms with Crippen LogP contribution in [-0.4, -0.2) is 26.5 Å². The van der Waals surface area contributed by atoms with E-state index in [-0.39, 0.29) is 18.1 Å². The second-order valence-electron chi connectivity index (χ2n) is 4.78. The second kappa shape index (κ2) is 5.61. The van der Waals surface area contributed by atoms with Gasteiger partial charge < -0.3 is 15.0 Å². The van der Waals surface area contributed by atoms with Crippen LogP contribution in [0.4, 0.5) is 0 Å². The molecule has 2 heterocycles. The lowest BCUT2D eigenvalue weighted by Crippen LogP contribution is -2.23. The number of nitrogens with one attached hydrogen (secondary N) is 1. The van der Waals surface area contributed by atoms with Crippen molar-refractivity contribution in [1.29, 1.82) is 0 Å². The van der Waals surface area contributed by atoms with Crippen molar-refractivity contribution in [2.45, 2.75) is 6.54 Å². The topological polar surface area (TPSA) is 84.2 Å². The van der Waals surface area contributed by atoms with Crippen LogP contribution in [0.1, 0.15) is 25.9 Å². The van der Waals surface area contributed by atoms with Crippen molar-refractivity contribution in [2.75, 3.05) is 0 Å². The zero-order valence-electron chi connectivity index (χ0n) is 11.7. The summed E-state index contributed by atoms with van der Waals surface area (Å²) in [7, 11) is 1.92. The number of carbonyl (C=O) groups excluding carboxylic acids is 1. The van der Waals surface area contributed by atoms with Gasteiger partial charge in [-0.25, -0.2) is 9.78 Å². The van der Waals surface area contributed by atoms with Gasteiger partial charge in [-0.05, 0) is 18.2 Å². The number of carbonyl (C=O) groups is 2. The number of aryl methyl sites for hydroxylation is 1. The molecule has 2 N–H and O–H groups in total. The van der Waals surface area contributed by atoms with Crippen molar-refractivity contribution >= 4 is 34.1 Å². The average molecular weight is 315 g/mol. The van der Waals surface area contributed by atoms with Gasteiger partial charge in [0.1, 0.15) is 5.01 Å². The molecule has 3 aromatic rings. The van der Waals surface area contributed by atoms with Crippen LogP contribution < -0.4 is 5.32 Å². The van der Waals surface area contributed by atoms with Crippen LogP contribution in [0.5, 0.6) is 0 Å². The minimum Gasteiger partial charge on any atom is -0.476 e. The fraction of sp³-hybridized carbons (Fsp3) is 0.133. The zero-order valence-corrected chi connectivity index (χ0v) is 12.6. The number of amides is 1. The number of carboxylic acids is 1. The maximum absolute atomic E-state index is 12.3. The third kappa shape index (κ3) is 2.58. The Morgan fingerprint density at radius 1 is 1.36 bits per heavy atom. The van der Waals surface area contributed by atoms with Crippen LogP contribution in [0.15, 0.2) is 35.8 Å². The molecule has 0 aliphatic carbocycles. The smallest absolute Gasteiger partial charge is 0.355 e. The number of benzene rings is 1. The summed E-state index contributed by atoms with van der Waals surface area (Å²) in [5.41, 5.74) is 1.57. The monoisotopic (exact) mass is 315 g/mol. The van der Waals surface area contributed by atoms with Crippen molar-refractivity contribution < 1.29 is 14.7 Å². The normalized spacial score (nSPS) is 10.8. The highest BCUT2D eigenvalue weighted by molar-refractivity contribution is 7.09. The lowest BCUT2D eigenvalue weighted by molar-refractivity contribution is 0.0691. The Kier molecular flexibility index (Phi) is 3.64. The molecule has 0 aliphatic rings. The molecular weight excluding hydrogens is 302 g/mol. The van der Waals surface area contributed by atoms with E-state index < -0.39 is 5.97 Å². The SMILES string of the molecule is Cn1ccc2c(C(=O)NCc3nc(C(=O)O)cs3)cccc21. The molecule has 7 heteroatoms. The van der Waals surface area contributed by atoms with E-state index in [0.29, 0.717) is 10.6 Å². The first-order valence-electron chi connectivity index (χ1n) is 6.56. The molecule has 0 saturated heterocycles. The number of hydrogen-bond acceptors (Lipinski definition) is 4. The standard InChI is InChI=1S/C15H13N3O3S/c1-18-6-5-9-10(3-2-4-12(9)18)14(19)16-7-13-17-11(8-22-13)15(20)21/h2-6,8H,7H2,1H3,(H,16,19)(H,20,21). The molecule has 1 aromatic carbocycles. The zero-order chi connectivity index (χ0) is 15.7. The van der Waals surface area contributed by atoms with Gasteiger partial charge in [-0.3, -0.25) is 4.79 Å². The maximum Gasteiger partial charge on any atom is 0.355 e. The fourth-order valence-corrected chi connectivity index (χ4v) is 2.95. The van der Waals surface area contributed by atoms with Gasteiger partial charge in [0.2, 0.25) is 0 Å². The minimum absolute atomic E-state index is 0.000546. The number of fused-ring (bicyclic) bond motifs is 1. The highest BCUT2D eigenvalue weighted by Gasteiger charge is 2.13. The van der Waals surface area contributed by atoms with Gasteiger partial charge in [0.15, 0.2) is 5.69 Å². The summed E-state index contributed by atoms with van der Waals surface area (Å²) in [6.45, 7) is 0.208. The Hall–Kier alpha value is -2.67. The van der Waals surface area contributed by atoms with Gasteiger partial charge in [0, 0.05) is 35.1 Å². The number of thiazole rings is 1. The van der Waals surface area contributed by atoms with Crippen molar-refractivity contribution in [3.8, 4) is 0 Å². The molecule has 0 atom stereocenters. The lowest BCUT2D eigenvalue weighted by atomic mass is 10.1. The molecule has 22 heavy (non-hydrogen) atoms. The molecule has 112 valence electrons. The summed E-state index contributed by atoms with van der Waals surface area (Å²) < 4.78 is 1.95. The first kappa shape index (κ1) is 14.3. The molecule has 0 saturated carbocycles. The molecular formula is C15H13N3O3S. The lowest BCUT2D eigenvalue weighted by Gasteiger charge is -2.05. The molecule has 0 spiro atoms. The molecule has 6 nitrogen and oxygen atoms in total. The third-order valence-corrected chi connectivity index (χ3v) is 4.19. The average Bonchev–Trinajstić information content (AvgIpc) is 3.12. The molecule has 1 amide bonds. The summed E-state index contributed by atoms with van der Waals surface area (Å²) in [6, 6.07) is 7.45. The number of nitrogens with zero attached hydrogens (tertiary/aromatic N) is 2. The van der Waals surface area contributed by atoms with Crippen LogP contribution >= 0.6 is 11.3 Å². The van der Waals surface area contributed by atoms with E-state index >= 15 is 0 Å². The van der Waals surface area contributed by atoms with Gasteiger partial charge in [-0.1, -0.05) is 6.07 Å². The van der Waals surface area contributed by atoms with Gasteiger partial charge in [-0.2, -0.15) is 0 Å². The predicted molar refractivity (Wildman–Crippen MR) is 83.2 cm³/mol. The first-order valence-corrected chi connectivity index (χ1v) is 7.44. The highest BCUT2D eigenvalue weighted by atomic mass is 32.1. The second-order valence-corrected chi connectivity index (χ2v) is 5.72. The maximum atomic E-state index is 12.3. The van der Waals surface area contributed by atoms with Crippen molar-refractivity contribution in [3.63, 3.8) is 0 Å². The number of aromatic carboxylic acids is 1. The number of hydrogen-bond donors (Lipinski definition) is 2. The molecule has 3 rings (SSSR count). The Bertz CT molecular complexity index is 866. The number of carboxylic acid groups (broad SMARTS) is 1. The first-order chi connectivity index (χ1) is 10.6. The number of rotatable bonds is 4. The van der Waals surface area contributed by atoms with E-state index in [1.807, 2.05) is 36.0 Å². The summed E-state index contributed by atoms with van der Waals surface area (Å²) in [4.78, 5) is 27.0. The largest absolute Gasteiger partial charge is 0.476 e. The van der Waals surface area contributed by atoms with E-state index in [1.54, 1.807) is 6.07 Å². The van der Waals surface area contributed by atoms with Gasteiger partial charge in [0.05, 0.1) is 6.54 Å². The van der Waals surface area contributed by atoms with E-state index in [2.05, 4.69) is 10.3 Å². The van der Waals surface area contributed by atoms with E-state index in [0.717, 1.165) is 10.9 Å². The predicted octanol–water partition coefficient (Wildman–Crippen LogP) is 2.26. The van der Waals surface area contributed by atoms with Gasteiger partial charge in [-0.15, -0.1) is 11.3 Å². The molecule has 0 aliphatic heterocycles. The Morgan fingerprint density at radius 3 is 2.91 bits per heavy atom. The van der Waals surface area contributed by atoms with Crippen LogP contribution in [-0.2, 0) is 13.6 Å². The molecule has 0 fully saturated rings. The molecule has 0 bridgehead atoms. The van der Waals surface area contributed by atoms with E-state index in [1.165, 1.54) is 16.7 Å².